The molecule has 0 unspecified atom stereocenters. The number of piperidine rings is 1. The second-order valence-corrected chi connectivity index (χ2v) is 6.94. The maximum atomic E-state index is 6.11. The van der Waals surface area contributed by atoms with Crippen molar-refractivity contribution in [1.82, 2.24) is 20.1 Å². The van der Waals surface area contributed by atoms with Gasteiger partial charge in [0.05, 0.1) is 12.2 Å². The normalized spacial score (nSPS) is 15.2. The molecular formula is C21H25N5. The molecule has 0 radical (unpaired) electrons. The highest BCUT2D eigenvalue weighted by Gasteiger charge is 2.16. The van der Waals surface area contributed by atoms with E-state index in [1.165, 1.54) is 5.56 Å². The zero-order valence-corrected chi connectivity index (χ0v) is 14.9. The summed E-state index contributed by atoms with van der Waals surface area (Å²) in [4.78, 5) is 4.42. The van der Waals surface area contributed by atoms with E-state index in [-0.39, 0.29) is 0 Å². The molecule has 0 aliphatic carbocycles. The van der Waals surface area contributed by atoms with Crippen LogP contribution in [0.5, 0.6) is 0 Å². The molecule has 26 heavy (non-hydrogen) atoms. The van der Waals surface area contributed by atoms with Crippen molar-refractivity contribution in [2.24, 2.45) is 0 Å². The first-order valence-corrected chi connectivity index (χ1v) is 9.33. The van der Waals surface area contributed by atoms with Crippen LogP contribution in [0.2, 0.25) is 0 Å². The minimum atomic E-state index is 0.490. The first-order chi connectivity index (χ1) is 12.8. The van der Waals surface area contributed by atoms with Crippen LogP contribution in [0.25, 0.3) is 11.1 Å². The average molecular weight is 347 g/mol. The molecule has 1 aliphatic rings. The Morgan fingerprint density at radius 1 is 1.04 bits per heavy atom. The maximum Gasteiger partial charge on any atom is 0.126 e. The third kappa shape index (κ3) is 3.78. The first-order valence-electron chi connectivity index (χ1n) is 9.33. The third-order valence-corrected chi connectivity index (χ3v) is 5.14. The molecule has 2 aromatic heterocycles. The Bertz CT molecular complexity index is 850. The summed E-state index contributed by atoms with van der Waals surface area (Å²) in [5, 5.41) is 7.99. The van der Waals surface area contributed by atoms with Crippen LogP contribution in [0.15, 0.2) is 55.0 Å². The van der Waals surface area contributed by atoms with Gasteiger partial charge in [-0.15, -0.1) is 0 Å². The largest absolute Gasteiger partial charge is 0.383 e. The van der Waals surface area contributed by atoms with Crippen LogP contribution in [0.4, 0.5) is 5.82 Å². The first kappa shape index (κ1) is 16.8. The van der Waals surface area contributed by atoms with Gasteiger partial charge in [-0.3, -0.25) is 4.68 Å². The fraction of sp³-hybridized carbons (Fsp3) is 0.333. The number of hydrogen-bond donors (Lipinski definition) is 2. The number of aryl methyl sites for hydroxylation is 2. The number of nitrogen functional groups attached to an aromatic ring is 1. The lowest BCUT2D eigenvalue weighted by atomic mass is 10.0. The molecule has 0 bridgehead atoms. The number of nitrogens with one attached hydrogen (secondary N) is 1. The summed E-state index contributed by atoms with van der Waals surface area (Å²) >= 11 is 0. The van der Waals surface area contributed by atoms with Crippen molar-refractivity contribution in [3.63, 3.8) is 0 Å². The molecule has 3 N–H and O–H groups in total. The Morgan fingerprint density at radius 3 is 2.65 bits per heavy atom. The zero-order chi connectivity index (χ0) is 17.8. The summed E-state index contributed by atoms with van der Waals surface area (Å²) in [6.07, 6.45) is 10.0. The van der Waals surface area contributed by atoms with Crippen molar-refractivity contribution in [3.8, 4) is 11.1 Å². The topological polar surface area (TPSA) is 68.8 Å². The molecule has 0 atom stereocenters. The standard InChI is InChI=1S/C21H25N5/c22-21-17(7-6-16-4-2-1-3-5-16)12-18(13-24-21)19-14-25-26(15-19)20-8-10-23-11-9-20/h1-5,12-15,20,23H,6-11H2,(H2,22,24). The van der Waals surface area contributed by atoms with Gasteiger partial charge in [-0.25, -0.2) is 4.98 Å². The monoisotopic (exact) mass is 347 g/mol. The Hall–Kier alpha value is -2.66. The smallest absolute Gasteiger partial charge is 0.126 e. The van der Waals surface area contributed by atoms with E-state index in [4.69, 9.17) is 5.73 Å². The third-order valence-electron chi connectivity index (χ3n) is 5.14. The number of nitrogens with zero attached hydrogens (tertiary/aromatic N) is 3. The van der Waals surface area contributed by atoms with Crippen molar-refractivity contribution in [3.05, 3.63) is 66.1 Å². The maximum absolute atomic E-state index is 6.11. The van der Waals surface area contributed by atoms with Crippen LogP contribution in [0.3, 0.4) is 0 Å². The fourth-order valence-corrected chi connectivity index (χ4v) is 3.56. The molecule has 5 heteroatoms. The van der Waals surface area contributed by atoms with Gasteiger partial charge < -0.3 is 11.1 Å². The Balaban J connectivity index is 1.51. The highest BCUT2D eigenvalue weighted by atomic mass is 15.3. The molecule has 134 valence electrons. The molecule has 4 rings (SSSR count). The highest BCUT2D eigenvalue weighted by Crippen LogP contribution is 2.25. The van der Waals surface area contributed by atoms with E-state index >= 15 is 0 Å². The fourth-order valence-electron chi connectivity index (χ4n) is 3.56. The Morgan fingerprint density at radius 2 is 1.85 bits per heavy atom. The van der Waals surface area contributed by atoms with Gasteiger partial charge in [0, 0.05) is 23.5 Å². The lowest BCUT2D eigenvalue weighted by Gasteiger charge is -2.22. The summed E-state index contributed by atoms with van der Waals surface area (Å²) < 4.78 is 2.11. The molecule has 0 amide bonds. The van der Waals surface area contributed by atoms with E-state index in [1.807, 2.05) is 18.5 Å². The summed E-state index contributed by atoms with van der Waals surface area (Å²) in [6.45, 7) is 2.12. The number of nitrogens with two attached hydrogens (primary N) is 1. The van der Waals surface area contributed by atoms with E-state index < -0.39 is 0 Å². The quantitative estimate of drug-likeness (QED) is 0.743. The van der Waals surface area contributed by atoms with Crippen molar-refractivity contribution in [2.45, 2.75) is 31.7 Å². The highest BCUT2D eigenvalue weighted by molar-refractivity contribution is 5.64. The van der Waals surface area contributed by atoms with E-state index in [0.717, 1.165) is 55.5 Å². The van der Waals surface area contributed by atoms with Crippen LogP contribution in [-0.2, 0) is 12.8 Å². The second kappa shape index (κ2) is 7.70. The number of aromatic nitrogens is 3. The van der Waals surface area contributed by atoms with Crippen molar-refractivity contribution >= 4 is 5.82 Å². The predicted octanol–water partition coefficient (Wildman–Crippen LogP) is 3.24. The van der Waals surface area contributed by atoms with Gasteiger partial charge in [0.15, 0.2) is 0 Å². The molecule has 1 fully saturated rings. The number of hydrogen-bond acceptors (Lipinski definition) is 4. The van der Waals surface area contributed by atoms with Gasteiger partial charge in [0.2, 0.25) is 0 Å². The van der Waals surface area contributed by atoms with Crippen LogP contribution in [0.1, 0.15) is 30.0 Å². The van der Waals surface area contributed by atoms with Crippen LogP contribution in [0, 0.1) is 0 Å². The van der Waals surface area contributed by atoms with E-state index in [9.17, 15) is 0 Å². The number of benzene rings is 1. The molecular weight excluding hydrogens is 322 g/mol. The molecule has 1 saturated heterocycles. The number of pyridine rings is 1. The summed E-state index contributed by atoms with van der Waals surface area (Å²) in [5.74, 6) is 0.621. The second-order valence-electron chi connectivity index (χ2n) is 6.94. The van der Waals surface area contributed by atoms with Crippen molar-refractivity contribution < 1.29 is 0 Å². The average Bonchev–Trinajstić information content (AvgIpc) is 3.19. The van der Waals surface area contributed by atoms with E-state index in [1.54, 1.807) is 0 Å². The molecule has 1 aliphatic heterocycles. The van der Waals surface area contributed by atoms with Gasteiger partial charge >= 0.3 is 0 Å². The molecule has 5 nitrogen and oxygen atoms in total. The van der Waals surface area contributed by atoms with Crippen LogP contribution in [-0.4, -0.2) is 27.9 Å². The lowest BCUT2D eigenvalue weighted by molar-refractivity contribution is 0.343. The molecule has 3 aromatic rings. The number of rotatable bonds is 5. The zero-order valence-electron chi connectivity index (χ0n) is 14.9. The van der Waals surface area contributed by atoms with Gasteiger partial charge in [-0.2, -0.15) is 5.10 Å². The predicted molar refractivity (Wildman–Crippen MR) is 105 cm³/mol. The lowest BCUT2D eigenvalue weighted by Crippen LogP contribution is -2.29. The van der Waals surface area contributed by atoms with Gasteiger partial charge in [-0.1, -0.05) is 30.3 Å². The molecule has 3 heterocycles. The molecule has 0 saturated carbocycles. The number of anilines is 1. The van der Waals surface area contributed by atoms with Crippen LogP contribution < -0.4 is 11.1 Å². The minimum absolute atomic E-state index is 0.490. The van der Waals surface area contributed by atoms with Gasteiger partial charge in [0.1, 0.15) is 5.82 Å². The summed E-state index contributed by atoms with van der Waals surface area (Å²) in [5.41, 5.74) is 10.7. The minimum Gasteiger partial charge on any atom is -0.383 e. The van der Waals surface area contributed by atoms with Crippen molar-refractivity contribution in [1.29, 1.82) is 0 Å². The SMILES string of the molecule is Nc1ncc(-c2cnn(C3CCNCC3)c2)cc1CCc1ccccc1. The Labute approximate surface area is 154 Å². The van der Waals surface area contributed by atoms with Crippen molar-refractivity contribution in [2.75, 3.05) is 18.8 Å². The van der Waals surface area contributed by atoms with Gasteiger partial charge in [0.25, 0.3) is 0 Å². The van der Waals surface area contributed by atoms with E-state index in [2.05, 4.69) is 56.6 Å². The van der Waals surface area contributed by atoms with E-state index in [0.29, 0.717) is 11.9 Å². The summed E-state index contributed by atoms with van der Waals surface area (Å²) in [7, 11) is 0. The molecule has 1 aromatic carbocycles. The van der Waals surface area contributed by atoms with Gasteiger partial charge in [-0.05, 0) is 56.0 Å². The van der Waals surface area contributed by atoms with Crippen LogP contribution >= 0.6 is 0 Å². The molecule has 0 spiro atoms. The Kier molecular flexibility index (Phi) is 4.97. The summed E-state index contributed by atoms with van der Waals surface area (Å²) in [6, 6.07) is 13.1.